The molecule has 0 bridgehead atoms. The van der Waals surface area contributed by atoms with E-state index >= 15 is 0 Å². The molecule has 2 heterocycles. The number of hydrogen-bond acceptors (Lipinski definition) is 5. The lowest BCUT2D eigenvalue weighted by molar-refractivity contribution is 0.0390. The Morgan fingerprint density at radius 2 is 2.50 bits per heavy atom. The zero-order valence-electron chi connectivity index (χ0n) is 10.3. The van der Waals surface area contributed by atoms with Crippen molar-refractivity contribution in [3.05, 3.63) is 29.6 Å². The van der Waals surface area contributed by atoms with Gasteiger partial charge in [-0.3, -0.25) is 16.3 Å². The lowest BCUT2D eigenvalue weighted by atomic mass is 9.93. The number of hydrazine groups is 1. The Morgan fingerprint density at radius 3 is 3.28 bits per heavy atom. The predicted octanol–water partition coefficient (Wildman–Crippen LogP) is 1.08. The number of nitrogens with one attached hydrogen (secondary N) is 1. The third-order valence-corrected chi connectivity index (χ3v) is 4.89. The van der Waals surface area contributed by atoms with Gasteiger partial charge in [-0.05, 0) is 24.5 Å². The van der Waals surface area contributed by atoms with Gasteiger partial charge in [0, 0.05) is 29.3 Å². The second-order valence-corrected chi connectivity index (χ2v) is 6.02. The number of aryl methyl sites for hydroxylation is 1. The number of hydrogen-bond donors (Lipinski definition) is 2. The van der Waals surface area contributed by atoms with Gasteiger partial charge in [-0.2, -0.15) is 11.8 Å². The molecular formula is C13H19N3OS. The van der Waals surface area contributed by atoms with Crippen LogP contribution in [0.2, 0.25) is 0 Å². The molecule has 0 amide bonds. The summed E-state index contributed by atoms with van der Waals surface area (Å²) in [6.07, 6.45) is 4.30. The van der Waals surface area contributed by atoms with E-state index in [4.69, 9.17) is 10.6 Å². The normalized spacial score (nSPS) is 28.9. The highest BCUT2D eigenvalue weighted by molar-refractivity contribution is 7.99. The maximum atomic E-state index is 5.87. The Bertz CT molecular complexity index is 409. The molecule has 1 aliphatic heterocycles. The second-order valence-electron chi connectivity index (χ2n) is 4.87. The molecule has 98 valence electrons. The van der Waals surface area contributed by atoms with Gasteiger partial charge in [-0.25, -0.2) is 0 Å². The molecule has 1 aromatic heterocycles. The van der Waals surface area contributed by atoms with Gasteiger partial charge in [0.05, 0.1) is 18.8 Å². The van der Waals surface area contributed by atoms with Crippen molar-refractivity contribution in [1.82, 2.24) is 10.4 Å². The molecule has 5 heteroatoms. The van der Waals surface area contributed by atoms with Crippen LogP contribution in [0.25, 0.3) is 0 Å². The fourth-order valence-electron chi connectivity index (χ4n) is 2.99. The standard InChI is InChI=1S/C13H19N3OS/c14-16-13(11-8-18-7-6-17-11)10-4-3-9-2-1-5-15-12(9)10/h1-2,5,10-11,13,16H,3-4,6-8,14H2. The lowest BCUT2D eigenvalue weighted by Crippen LogP contribution is -2.51. The summed E-state index contributed by atoms with van der Waals surface area (Å²) in [5.41, 5.74) is 5.55. The van der Waals surface area contributed by atoms with Crippen LogP contribution in [0.3, 0.4) is 0 Å². The average molecular weight is 265 g/mol. The van der Waals surface area contributed by atoms with Crippen LogP contribution in [0.15, 0.2) is 18.3 Å². The number of thioether (sulfide) groups is 1. The largest absolute Gasteiger partial charge is 0.375 e. The quantitative estimate of drug-likeness (QED) is 0.632. The third-order valence-electron chi connectivity index (χ3n) is 3.87. The van der Waals surface area contributed by atoms with Crippen molar-refractivity contribution in [2.45, 2.75) is 30.9 Å². The molecule has 4 nitrogen and oxygen atoms in total. The number of pyridine rings is 1. The summed E-state index contributed by atoms with van der Waals surface area (Å²) < 4.78 is 5.87. The first-order valence-corrected chi connectivity index (χ1v) is 7.65. The molecule has 0 spiro atoms. The topological polar surface area (TPSA) is 60.2 Å². The molecule has 1 aromatic rings. The maximum Gasteiger partial charge on any atom is 0.0838 e. The van der Waals surface area contributed by atoms with E-state index < -0.39 is 0 Å². The first-order chi connectivity index (χ1) is 8.90. The predicted molar refractivity (Wildman–Crippen MR) is 73.5 cm³/mol. The van der Waals surface area contributed by atoms with Crippen molar-refractivity contribution in [3.63, 3.8) is 0 Å². The van der Waals surface area contributed by atoms with E-state index in [1.807, 2.05) is 24.0 Å². The van der Waals surface area contributed by atoms with Crippen molar-refractivity contribution in [2.75, 3.05) is 18.1 Å². The Kier molecular flexibility index (Phi) is 3.84. The number of rotatable bonds is 3. The van der Waals surface area contributed by atoms with Gasteiger partial charge in [0.1, 0.15) is 0 Å². The molecule has 0 saturated carbocycles. The van der Waals surface area contributed by atoms with Gasteiger partial charge in [-0.15, -0.1) is 0 Å². The highest BCUT2D eigenvalue weighted by atomic mass is 32.2. The molecule has 1 saturated heterocycles. The fraction of sp³-hybridized carbons (Fsp3) is 0.615. The Hall–Kier alpha value is -0.620. The summed E-state index contributed by atoms with van der Waals surface area (Å²) in [6, 6.07) is 4.36. The maximum absolute atomic E-state index is 5.87. The van der Waals surface area contributed by atoms with Gasteiger partial charge in [0.2, 0.25) is 0 Å². The summed E-state index contributed by atoms with van der Waals surface area (Å²) in [4.78, 5) is 4.55. The van der Waals surface area contributed by atoms with Gasteiger partial charge >= 0.3 is 0 Å². The zero-order chi connectivity index (χ0) is 12.4. The molecule has 0 aromatic carbocycles. The van der Waals surface area contributed by atoms with Gasteiger partial charge < -0.3 is 4.74 Å². The first kappa shape index (κ1) is 12.4. The van der Waals surface area contributed by atoms with Crippen LogP contribution in [-0.2, 0) is 11.2 Å². The SMILES string of the molecule is NNC(C1CSCCO1)C1CCc2cccnc21. The van der Waals surface area contributed by atoms with Crippen LogP contribution < -0.4 is 11.3 Å². The summed E-state index contributed by atoms with van der Waals surface area (Å²) in [5, 5.41) is 0. The molecule has 3 rings (SSSR count). The Morgan fingerprint density at radius 1 is 1.56 bits per heavy atom. The highest BCUT2D eigenvalue weighted by Gasteiger charge is 2.36. The van der Waals surface area contributed by atoms with Gasteiger partial charge in [0.25, 0.3) is 0 Å². The first-order valence-electron chi connectivity index (χ1n) is 6.49. The zero-order valence-corrected chi connectivity index (χ0v) is 11.2. The van der Waals surface area contributed by atoms with Gasteiger partial charge in [0.15, 0.2) is 0 Å². The molecule has 3 atom stereocenters. The molecule has 1 aliphatic carbocycles. The van der Waals surface area contributed by atoms with Crippen LogP contribution in [0.5, 0.6) is 0 Å². The molecule has 1 fully saturated rings. The monoisotopic (exact) mass is 265 g/mol. The summed E-state index contributed by atoms with van der Waals surface area (Å²) >= 11 is 1.95. The number of ether oxygens (including phenoxy) is 1. The van der Waals surface area contributed by atoms with E-state index in [0.29, 0.717) is 5.92 Å². The van der Waals surface area contributed by atoms with Crippen LogP contribution >= 0.6 is 11.8 Å². The van der Waals surface area contributed by atoms with Crippen LogP contribution in [0, 0.1) is 0 Å². The van der Waals surface area contributed by atoms with Crippen LogP contribution in [0.4, 0.5) is 0 Å². The van der Waals surface area contributed by atoms with Crippen molar-refractivity contribution >= 4 is 11.8 Å². The fourth-order valence-corrected chi connectivity index (χ4v) is 3.91. The molecule has 2 aliphatic rings. The number of fused-ring (bicyclic) bond motifs is 1. The van der Waals surface area contributed by atoms with Crippen molar-refractivity contribution < 1.29 is 4.74 Å². The van der Waals surface area contributed by atoms with E-state index in [1.54, 1.807) is 0 Å². The van der Waals surface area contributed by atoms with E-state index in [-0.39, 0.29) is 12.1 Å². The summed E-state index contributed by atoms with van der Waals surface area (Å²) in [5.74, 6) is 8.27. The molecular weight excluding hydrogens is 246 g/mol. The van der Waals surface area contributed by atoms with Crippen molar-refractivity contribution in [3.8, 4) is 0 Å². The molecule has 3 unspecified atom stereocenters. The molecule has 18 heavy (non-hydrogen) atoms. The van der Waals surface area contributed by atoms with E-state index in [2.05, 4.69) is 16.5 Å². The Labute approximate surface area is 112 Å². The van der Waals surface area contributed by atoms with Crippen LogP contribution in [-0.4, -0.2) is 35.2 Å². The molecule has 3 N–H and O–H groups in total. The molecule has 0 radical (unpaired) electrons. The van der Waals surface area contributed by atoms with E-state index in [0.717, 1.165) is 31.0 Å². The minimum absolute atomic E-state index is 0.175. The number of aromatic nitrogens is 1. The smallest absolute Gasteiger partial charge is 0.0838 e. The van der Waals surface area contributed by atoms with E-state index in [1.165, 1.54) is 11.3 Å². The third kappa shape index (κ3) is 2.28. The summed E-state index contributed by atoms with van der Waals surface area (Å²) in [7, 11) is 0. The summed E-state index contributed by atoms with van der Waals surface area (Å²) in [6.45, 7) is 0.829. The average Bonchev–Trinajstić information content (AvgIpc) is 2.85. The van der Waals surface area contributed by atoms with Gasteiger partial charge in [-0.1, -0.05) is 6.07 Å². The number of nitrogens with two attached hydrogens (primary N) is 1. The Balaban J connectivity index is 1.80. The second kappa shape index (κ2) is 5.57. The highest BCUT2D eigenvalue weighted by Crippen LogP contribution is 2.36. The van der Waals surface area contributed by atoms with E-state index in [9.17, 15) is 0 Å². The minimum atomic E-state index is 0.175. The van der Waals surface area contributed by atoms with Crippen LogP contribution in [0.1, 0.15) is 23.6 Å². The van der Waals surface area contributed by atoms with Crippen molar-refractivity contribution in [2.24, 2.45) is 5.84 Å². The van der Waals surface area contributed by atoms with Crippen molar-refractivity contribution in [1.29, 1.82) is 0 Å². The lowest BCUT2D eigenvalue weighted by Gasteiger charge is -2.33. The minimum Gasteiger partial charge on any atom is -0.375 e. The number of nitrogens with zero attached hydrogens (tertiary/aromatic N) is 1.